The summed E-state index contributed by atoms with van der Waals surface area (Å²) in [6.45, 7) is 20.3. The molecule has 0 aliphatic carbocycles. The molecule has 0 atom stereocenters. The highest BCUT2D eigenvalue weighted by atomic mass is 16.3. The van der Waals surface area contributed by atoms with Crippen molar-refractivity contribution >= 4 is 67.6 Å². The van der Waals surface area contributed by atoms with Gasteiger partial charge in [-0.3, -0.25) is 0 Å². The molecule has 0 radical (unpaired) electrons. The third kappa shape index (κ3) is 6.35. The van der Waals surface area contributed by atoms with Gasteiger partial charge in [-0.1, -0.05) is 135 Å². The Bertz CT molecular complexity index is 3890. The summed E-state index contributed by atoms with van der Waals surface area (Å²) >= 11 is 0. The van der Waals surface area contributed by atoms with Crippen LogP contribution in [0.1, 0.15) is 59.7 Å². The molecule has 0 fully saturated rings. The minimum Gasteiger partial charge on any atom is -0.464 e. The number of benzene rings is 9. The normalized spacial score (nSPS) is 12.9. The zero-order valence-electron chi connectivity index (χ0n) is 41.5. The van der Waals surface area contributed by atoms with Crippen LogP contribution in [0.5, 0.6) is 0 Å². The quantitative estimate of drug-likeness (QED) is 0.161. The van der Waals surface area contributed by atoms with Crippen LogP contribution >= 0.6 is 0 Å². The average molecular weight is 903 g/mol. The summed E-state index contributed by atoms with van der Waals surface area (Å²) in [6, 6.07) is 62.3. The van der Waals surface area contributed by atoms with Crippen LogP contribution in [-0.2, 0) is 5.41 Å². The Morgan fingerprint density at radius 1 is 0.471 bits per heavy atom. The molecule has 0 saturated carbocycles. The molecule has 0 bridgehead atoms. The minimum absolute atomic E-state index is 0.0837. The van der Waals surface area contributed by atoms with Crippen molar-refractivity contribution in [2.45, 2.75) is 67.7 Å². The number of fused-ring (bicyclic) bond motifs is 9. The molecule has 13 rings (SSSR count). The maximum absolute atomic E-state index is 6.75. The van der Waals surface area contributed by atoms with Crippen LogP contribution in [0, 0.1) is 41.5 Å². The van der Waals surface area contributed by atoms with E-state index in [0.717, 1.165) is 16.7 Å². The lowest BCUT2D eigenvalue weighted by Gasteiger charge is -2.41. The Hall–Kier alpha value is -7.82. The monoisotopic (exact) mass is 902 g/mol. The first-order valence-electron chi connectivity index (χ1n) is 24.8. The molecule has 2 aliphatic heterocycles. The van der Waals surface area contributed by atoms with Gasteiger partial charge in [0.2, 0.25) is 0 Å². The van der Waals surface area contributed by atoms with E-state index in [1.165, 1.54) is 139 Å². The maximum Gasteiger partial charge on any atom is 0.333 e. The first kappa shape index (κ1) is 42.3. The van der Waals surface area contributed by atoms with Gasteiger partial charge in [0.25, 0.3) is 0 Å². The number of furan rings is 1. The summed E-state index contributed by atoms with van der Waals surface area (Å²) in [7, 11) is 0. The molecular weight excluding hydrogens is 848 g/mol. The summed E-state index contributed by atoms with van der Waals surface area (Å²) in [5, 5.41) is 3.62. The van der Waals surface area contributed by atoms with E-state index in [1.807, 2.05) is 6.26 Å². The Morgan fingerprint density at radius 3 is 1.69 bits per heavy atom. The second-order valence-corrected chi connectivity index (χ2v) is 21.4. The Kier molecular flexibility index (Phi) is 9.27. The lowest BCUT2D eigenvalue weighted by Crippen LogP contribution is -2.56. The highest BCUT2D eigenvalue weighted by Crippen LogP contribution is 2.51. The van der Waals surface area contributed by atoms with Gasteiger partial charge in [-0.25, -0.2) is 0 Å². The average Bonchev–Trinajstić information content (AvgIpc) is 3.94. The predicted molar refractivity (Wildman–Crippen MR) is 299 cm³/mol. The summed E-state index contributed by atoms with van der Waals surface area (Å²) in [4.78, 5) is 2.58. The van der Waals surface area contributed by atoms with E-state index in [9.17, 15) is 0 Å². The fourth-order valence-corrected chi connectivity index (χ4v) is 12.7. The van der Waals surface area contributed by atoms with Crippen LogP contribution in [0.25, 0.3) is 88.4 Å². The summed E-state index contributed by atoms with van der Waals surface area (Å²) in [5.74, 6) is 0. The molecule has 4 heteroatoms. The highest BCUT2D eigenvalue weighted by Gasteiger charge is 2.45. The van der Waals surface area contributed by atoms with Gasteiger partial charge in [0.1, 0.15) is 5.58 Å². The molecule has 70 heavy (non-hydrogen) atoms. The minimum atomic E-state index is -0.138. The first-order chi connectivity index (χ1) is 33.8. The molecule has 0 amide bonds. The highest BCUT2D eigenvalue weighted by molar-refractivity contribution is 6.90. The van der Waals surface area contributed by atoms with Crippen LogP contribution < -0.4 is 15.8 Å². The number of hydrogen-bond acceptors (Lipinski definition) is 2. The zero-order chi connectivity index (χ0) is 47.9. The van der Waals surface area contributed by atoms with Crippen molar-refractivity contribution in [3.05, 3.63) is 209 Å². The number of nitrogens with zero attached hydrogens (tertiary/aromatic N) is 2. The van der Waals surface area contributed by atoms with Crippen molar-refractivity contribution < 1.29 is 4.42 Å². The molecule has 0 spiro atoms. The maximum atomic E-state index is 6.75. The topological polar surface area (TPSA) is 21.3 Å². The second kappa shape index (κ2) is 15.3. The van der Waals surface area contributed by atoms with Crippen molar-refractivity contribution in [1.82, 2.24) is 4.48 Å². The van der Waals surface area contributed by atoms with Crippen LogP contribution in [0.2, 0.25) is 0 Å². The summed E-state index contributed by atoms with van der Waals surface area (Å²) < 4.78 is 9.44. The van der Waals surface area contributed by atoms with Crippen molar-refractivity contribution in [2.24, 2.45) is 0 Å². The van der Waals surface area contributed by atoms with Crippen molar-refractivity contribution in [1.29, 1.82) is 0 Å². The van der Waals surface area contributed by atoms with E-state index in [1.54, 1.807) is 0 Å². The molecule has 2 aliphatic rings. The largest absolute Gasteiger partial charge is 0.464 e. The van der Waals surface area contributed by atoms with Gasteiger partial charge in [0.15, 0.2) is 0 Å². The number of hydrogen-bond donors (Lipinski definition) is 0. The smallest absolute Gasteiger partial charge is 0.333 e. The lowest BCUT2D eigenvalue weighted by molar-refractivity contribution is 0.590. The van der Waals surface area contributed by atoms with Crippen molar-refractivity contribution in [3.63, 3.8) is 0 Å². The van der Waals surface area contributed by atoms with Gasteiger partial charge in [0, 0.05) is 55.4 Å². The summed E-state index contributed by atoms with van der Waals surface area (Å²) in [5.41, 5.74) is 30.6. The fourth-order valence-electron chi connectivity index (χ4n) is 12.7. The van der Waals surface area contributed by atoms with Gasteiger partial charge < -0.3 is 13.8 Å². The van der Waals surface area contributed by atoms with Gasteiger partial charge >= 0.3 is 6.85 Å². The molecule has 0 N–H and O–H groups in total. The number of rotatable bonds is 5. The number of anilines is 3. The van der Waals surface area contributed by atoms with Gasteiger partial charge in [-0.05, 0) is 191 Å². The van der Waals surface area contributed by atoms with E-state index >= 15 is 0 Å². The van der Waals surface area contributed by atoms with Crippen LogP contribution in [0.3, 0.4) is 0 Å². The third-order valence-electron chi connectivity index (χ3n) is 15.5. The van der Waals surface area contributed by atoms with Crippen LogP contribution in [0.15, 0.2) is 174 Å². The van der Waals surface area contributed by atoms with Crippen molar-refractivity contribution in [3.8, 4) is 55.6 Å². The molecule has 4 heterocycles. The molecule has 2 aromatic heterocycles. The lowest BCUT2D eigenvalue weighted by atomic mass is 9.45. The first-order valence-corrected chi connectivity index (χ1v) is 24.8. The van der Waals surface area contributed by atoms with Gasteiger partial charge in [-0.2, -0.15) is 0 Å². The third-order valence-corrected chi connectivity index (χ3v) is 15.5. The Labute approximate surface area is 411 Å². The SMILES string of the molecule is Cc1cc(C)c(-c2ccc3c(c2)c2cc(-c4c(C)cc(C)cc4C)cc4c2n3B2c3ccc(C(C)(C)C)cc3N(c3cc(-c5ccccc5)cc(-c5ccccc5)c3)c3cc5ccoc5c-4c32)c(C)c1. The Balaban J connectivity index is 1.18. The van der Waals surface area contributed by atoms with Crippen LogP contribution in [-0.4, -0.2) is 11.3 Å². The molecule has 3 nitrogen and oxygen atoms in total. The second-order valence-electron chi connectivity index (χ2n) is 21.4. The Morgan fingerprint density at radius 2 is 1.07 bits per heavy atom. The zero-order valence-corrected chi connectivity index (χ0v) is 41.5. The molecular formula is C66H55BN2O. The van der Waals surface area contributed by atoms with Gasteiger partial charge in [0.05, 0.1) is 6.26 Å². The summed E-state index contributed by atoms with van der Waals surface area (Å²) in [6.07, 6.45) is 1.89. The van der Waals surface area contributed by atoms with Crippen LogP contribution in [0.4, 0.5) is 17.1 Å². The molecule has 338 valence electrons. The fraction of sp³-hybridized carbons (Fsp3) is 0.152. The van der Waals surface area contributed by atoms with E-state index in [0.29, 0.717) is 0 Å². The van der Waals surface area contributed by atoms with E-state index < -0.39 is 0 Å². The number of aryl methyl sites for hydroxylation is 6. The van der Waals surface area contributed by atoms with E-state index in [-0.39, 0.29) is 12.3 Å². The molecule has 9 aromatic carbocycles. The van der Waals surface area contributed by atoms with E-state index in [2.05, 4.69) is 235 Å². The number of aromatic nitrogens is 1. The van der Waals surface area contributed by atoms with Crippen molar-refractivity contribution in [2.75, 3.05) is 4.90 Å². The predicted octanol–water partition coefficient (Wildman–Crippen LogP) is 16.8. The molecule has 11 aromatic rings. The molecule has 0 unspecified atom stereocenters. The molecule has 0 saturated heterocycles. The standard InChI is InChI=1S/C66H55BN2O/c1-38-26-40(3)60(41(4)27-38)46-20-23-57-53(33-46)54-34-50(61-42(5)28-39(2)29-43(61)6)35-55-62-63-59(36-47-24-25-70-65(47)62)68(58-37-51(66(7,8)9)21-22-56(58)67(63)69(57)64(54)55)52-31-48(44-16-12-10-13-17-44)30-49(32-52)45-18-14-11-15-19-45/h10-37H,1-9H3. The van der Waals surface area contributed by atoms with E-state index in [4.69, 9.17) is 4.42 Å². The van der Waals surface area contributed by atoms with Gasteiger partial charge in [-0.15, -0.1) is 0 Å².